The molecule has 0 aliphatic carbocycles. The molecule has 0 aliphatic heterocycles. The third-order valence-electron chi connectivity index (χ3n) is 5.41. The predicted molar refractivity (Wildman–Crippen MR) is 138 cm³/mol. The average Bonchev–Trinajstić information content (AvgIpc) is 2.86. The van der Waals surface area contributed by atoms with Crippen molar-refractivity contribution in [3.05, 3.63) is 114 Å². The first-order valence-corrected chi connectivity index (χ1v) is 12.5. The average molecular weight is 491 g/mol. The molecule has 0 bridgehead atoms. The number of nitrogens with one attached hydrogen (secondary N) is 1. The number of halogens is 1. The number of anilines is 2. The van der Waals surface area contributed by atoms with Crippen LogP contribution in [0.5, 0.6) is 0 Å². The molecule has 34 heavy (non-hydrogen) atoms. The minimum atomic E-state index is -4.03. The maximum atomic E-state index is 13.6. The molecule has 1 N–H and O–H groups in total. The summed E-state index contributed by atoms with van der Waals surface area (Å²) in [7, 11) is -4.03. The lowest BCUT2D eigenvalue weighted by atomic mass is 10.0. The molecule has 0 atom stereocenters. The highest BCUT2D eigenvalue weighted by Crippen LogP contribution is 2.32. The van der Waals surface area contributed by atoms with E-state index < -0.39 is 22.5 Å². The molecule has 0 unspecified atom stereocenters. The van der Waals surface area contributed by atoms with Crippen LogP contribution in [0, 0.1) is 6.92 Å². The van der Waals surface area contributed by atoms with Crippen LogP contribution < -0.4 is 9.62 Å². The van der Waals surface area contributed by atoms with E-state index in [0.717, 1.165) is 15.4 Å². The zero-order valence-corrected chi connectivity index (χ0v) is 20.1. The van der Waals surface area contributed by atoms with E-state index in [1.54, 1.807) is 49.4 Å². The van der Waals surface area contributed by atoms with Gasteiger partial charge in [0, 0.05) is 16.3 Å². The fourth-order valence-corrected chi connectivity index (χ4v) is 5.34. The second-order valence-electron chi connectivity index (χ2n) is 7.67. The van der Waals surface area contributed by atoms with E-state index in [0.29, 0.717) is 22.0 Å². The van der Waals surface area contributed by atoms with Gasteiger partial charge in [-0.05, 0) is 48.4 Å². The molecule has 172 valence electrons. The van der Waals surface area contributed by atoms with Gasteiger partial charge >= 0.3 is 0 Å². The lowest BCUT2D eigenvalue weighted by Crippen LogP contribution is -2.38. The maximum Gasteiger partial charge on any atom is 0.264 e. The predicted octanol–water partition coefficient (Wildman–Crippen LogP) is 6.15. The van der Waals surface area contributed by atoms with Crippen LogP contribution >= 0.6 is 11.6 Å². The Morgan fingerprint density at radius 2 is 1.44 bits per heavy atom. The molecule has 7 heteroatoms. The van der Waals surface area contributed by atoms with E-state index in [-0.39, 0.29) is 4.90 Å². The molecule has 0 heterocycles. The van der Waals surface area contributed by atoms with Gasteiger partial charge in [0.05, 0.1) is 10.6 Å². The molecule has 0 saturated heterocycles. The fourth-order valence-electron chi connectivity index (χ4n) is 3.67. The van der Waals surface area contributed by atoms with Crippen LogP contribution in [0.1, 0.15) is 5.56 Å². The Kier molecular flexibility index (Phi) is 7.01. The molecule has 0 fully saturated rings. The zero-order valence-electron chi connectivity index (χ0n) is 18.5. The Hall–Kier alpha value is -3.61. The fraction of sp³-hybridized carbons (Fsp3) is 0.0741. The van der Waals surface area contributed by atoms with Crippen molar-refractivity contribution in [3.63, 3.8) is 0 Å². The quantitative estimate of drug-likeness (QED) is 0.338. The van der Waals surface area contributed by atoms with Crippen molar-refractivity contribution >= 4 is 38.9 Å². The minimum absolute atomic E-state index is 0.0897. The highest BCUT2D eigenvalue weighted by Gasteiger charge is 2.29. The van der Waals surface area contributed by atoms with Crippen molar-refractivity contribution in [1.29, 1.82) is 0 Å². The summed E-state index contributed by atoms with van der Waals surface area (Å²) in [5.41, 5.74) is 3.30. The number of para-hydroxylation sites is 1. The van der Waals surface area contributed by atoms with E-state index in [9.17, 15) is 13.2 Å². The maximum absolute atomic E-state index is 13.6. The Balaban J connectivity index is 1.70. The molecule has 4 aromatic rings. The lowest BCUT2D eigenvalue weighted by molar-refractivity contribution is -0.114. The number of sulfonamides is 1. The van der Waals surface area contributed by atoms with E-state index >= 15 is 0 Å². The second kappa shape index (κ2) is 10.1. The Morgan fingerprint density at radius 1 is 0.824 bits per heavy atom. The first-order chi connectivity index (χ1) is 16.4. The van der Waals surface area contributed by atoms with Crippen molar-refractivity contribution in [1.82, 2.24) is 0 Å². The summed E-state index contributed by atoms with van der Waals surface area (Å²) in [6.07, 6.45) is 0. The van der Waals surface area contributed by atoms with E-state index in [2.05, 4.69) is 5.32 Å². The van der Waals surface area contributed by atoms with Crippen molar-refractivity contribution in [2.24, 2.45) is 0 Å². The monoisotopic (exact) mass is 490 g/mol. The highest BCUT2D eigenvalue weighted by molar-refractivity contribution is 7.92. The summed E-state index contributed by atoms with van der Waals surface area (Å²) in [6, 6.07) is 30.1. The highest BCUT2D eigenvalue weighted by atomic mass is 35.5. The Bertz CT molecular complexity index is 1410. The number of carbonyl (C=O) groups excluding carboxylic acids is 1. The number of hydrogen-bond donors (Lipinski definition) is 1. The standard InChI is InChI=1S/C27H23ClN2O3S/c1-20-24(28)16-10-18-26(20)30(34(32,33)22-13-6-3-7-14-22)19-27(31)29-25-17-9-8-15-23(25)21-11-4-2-5-12-21/h2-18H,19H2,1H3,(H,29,31). The van der Waals surface area contributed by atoms with Gasteiger partial charge in [0.25, 0.3) is 10.0 Å². The minimum Gasteiger partial charge on any atom is -0.324 e. The molecular weight excluding hydrogens is 468 g/mol. The summed E-state index contributed by atoms with van der Waals surface area (Å²) in [4.78, 5) is 13.3. The van der Waals surface area contributed by atoms with Crippen LogP contribution in [0.25, 0.3) is 11.1 Å². The molecule has 0 radical (unpaired) electrons. The molecule has 4 rings (SSSR count). The molecule has 5 nitrogen and oxygen atoms in total. The third-order valence-corrected chi connectivity index (χ3v) is 7.60. The van der Waals surface area contributed by atoms with Gasteiger partial charge in [-0.2, -0.15) is 0 Å². The van der Waals surface area contributed by atoms with Gasteiger partial charge in [-0.3, -0.25) is 9.10 Å². The lowest BCUT2D eigenvalue weighted by Gasteiger charge is -2.26. The van der Waals surface area contributed by atoms with Crippen LogP contribution in [0.15, 0.2) is 108 Å². The van der Waals surface area contributed by atoms with Gasteiger partial charge < -0.3 is 5.32 Å². The summed E-state index contributed by atoms with van der Waals surface area (Å²) in [5, 5.41) is 3.31. The van der Waals surface area contributed by atoms with Crippen molar-refractivity contribution in [3.8, 4) is 11.1 Å². The van der Waals surface area contributed by atoms with Gasteiger partial charge in [0.2, 0.25) is 5.91 Å². The molecule has 0 spiro atoms. The topological polar surface area (TPSA) is 66.5 Å². The second-order valence-corrected chi connectivity index (χ2v) is 9.94. The summed E-state index contributed by atoms with van der Waals surface area (Å²) >= 11 is 6.29. The van der Waals surface area contributed by atoms with Gasteiger partial charge in [-0.1, -0.05) is 84.4 Å². The Morgan fingerprint density at radius 3 is 2.15 bits per heavy atom. The first kappa shape index (κ1) is 23.5. The summed E-state index contributed by atoms with van der Waals surface area (Å²) < 4.78 is 28.3. The Labute approximate surface area is 204 Å². The number of amides is 1. The van der Waals surface area contributed by atoms with Gasteiger partial charge in [0.15, 0.2) is 0 Å². The van der Waals surface area contributed by atoms with Gasteiger partial charge in [-0.15, -0.1) is 0 Å². The van der Waals surface area contributed by atoms with Crippen LogP contribution in [0.3, 0.4) is 0 Å². The van der Waals surface area contributed by atoms with Crippen molar-refractivity contribution in [2.75, 3.05) is 16.2 Å². The number of benzene rings is 4. The number of nitrogens with zero attached hydrogens (tertiary/aromatic N) is 1. The molecule has 4 aromatic carbocycles. The van der Waals surface area contributed by atoms with Crippen LogP contribution in [-0.2, 0) is 14.8 Å². The molecule has 0 aliphatic rings. The van der Waals surface area contributed by atoms with Crippen LogP contribution in [0.4, 0.5) is 11.4 Å². The molecular formula is C27H23ClN2O3S. The molecule has 0 saturated carbocycles. The summed E-state index contributed by atoms with van der Waals surface area (Å²) in [6.45, 7) is 1.31. The van der Waals surface area contributed by atoms with Crippen LogP contribution in [0.2, 0.25) is 5.02 Å². The molecule has 0 aromatic heterocycles. The third kappa shape index (κ3) is 4.98. The van der Waals surface area contributed by atoms with E-state index in [4.69, 9.17) is 11.6 Å². The zero-order chi connectivity index (χ0) is 24.1. The smallest absolute Gasteiger partial charge is 0.264 e. The number of hydrogen-bond acceptors (Lipinski definition) is 3. The van der Waals surface area contributed by atoms with Crippen LogP contribution in [-0.4, -0.2) is 20.9 Å². The van der Waals surface area contributed by atoms with Gasteiger partial charge in [0.1, 0.15) is 6.54 Å². The number of carbonyl (C=O) groups is 1. The molecule has 1 amide bonds. The van der Waals surface area contributed by atoms with Gasteiger partial charge in [-0.25, -0.2) is 8.42 Å². The first-order valence-electron chi connectivity index (χ1n) is 10.6. The summed E-state index contributed by atoms with van der Waals surface area (Å²) in [5.74, 6) is -0.470. The SMILES string of the molecule is Cc1c(Cl)cccc1N(CC(=O)Nc1ccccc1-c1ccccc1)S(=O)(=O)c1ccccc1. The normalized spacial score (nSPS) is 11.1. The van der Waals surface area contributed by atoms with Crippen molar-refractivity contribution < 1.29 is 13.2 Å². The largest absolute Gasteiger partial charge is 0.324 e. The van der Waals surface area contributed by atoms with E-state index in [1.807, 2.05) is 48.5 Å². The number of rotatable bonds is 7. The van der Waals surface area contributed by atoms with E-state index in [1.165, 1.54) is 12.1 Å². The van der Waals surface area contributed by atoms with Crippen molar-refractivity contribution in [2.45, 2.75) is 11.8 Å².